The third kappa shape index (κ3) is 7.18. The summed E-state index contributed by atoms with van der Waals surface area (Å²) in [6, 6.07) is 21.2. The van der Waals surface area contributed by atoms with E-state index in [9.17, 15) is 0 Å². The van der Waals surface area contributed by atoms with E-state index < -0.39 is 0 Å². The largest absolute Gasteiger partial charge is 0.381 e. The van der Waals surface area contributed by atoms with Gasteiger partial charge in [-0.15, -0.1) is 0 Å². The lowest BCUT2D eigenvalue weighted by atomic mass is 9.91. The molecule has 2 aromatic rings. The quantitative estimate of drug-likeness (QED) is 0.368. The fourth-order valence-corrected chi connectivity index (χ4v) is 3.56. The van der Waals surface area contributed by atoms with Crippen LogP contribution >= 0.6 is 0 Å². The zero-order chi connectivity index (χ0) is 20.2. The van der Waals surface area contributed by atoms with Crippen molar-refractivity contribution in [3.05, 3.63) is 71.8 Å². The molecule has 0 bridgehead atoms. The number of benzene rings is 2. The lowest BCUT2D eigenvalue weighted by Gasteiger charge is -2.20. The van der Waals surface area contributed by atoms with E-state index in [1.54, 1.807) is 0 Å². The van der Waals surface area contributed by atoms with Crippen molar-refractivity contribution >= 4 is 5.96 Å². The van der Waals surface area contributed by atoms with Gasteiger partial charge in [0.15, 0.2) is 5.96 Å². The maximum atomic E-state index is 5.77. The third-order valence-electron chi connectivity index (χ3n) is 5.24. The summed E-state index contributed by atoms with van der Waals surface area (Å²) in [5, 5.41) is 6.87. The molecular formula is C24H33N3O2. The molecule has 0 aromatic heterocycles. The molecule has 1 aliphatic heterocycles. The molecule has 5 heteroatoms. The zero-order valence-electron chi connectivity index (χ0n) is 17.3. The van der Waals surface area contributed by atoms with Crippen LogP contribution < -0.4 is 10.6 Å². The van der Waals surface area contributed by atoms with E-state index in [0.717, 1.165) is 58.3 Å². The molecule has 0 amide bonds. The number of aliphatic imine (C=N–C) groups is 1. The lowest BCUT2D eigenvalue weighted by molar-refractivity contribution is 0.0888. The van der Waals surface area contributed by atoms with Crippen molar-refractivity contribution in [2.45, 2.75) is 18.8 Å². The van der Waals surface area contributed by atoms with Gasteiger partial charge in [-0.05, 0) is 24.0 Å². The molecule has 1 unspecified atom stereocenters. The smallest absolute Gasteiger partial charge is 0.191 e. The van der Waals surface area contributed by atoms with Crippen molar-refractivity contribution in [2.75, 3.05) is 46.6 Å². The topological polar surface area (TPSA) is 54.9 Å². The summed E-state index contributed by atoms with van der Waals surface area (Å²) in [5.74, 6) is 1.67. The van der Waals surface area contributed by atoms with Gasteiger partial charge in [0.2, 0.25) is 0 Å². The van der Waals surface area contributed by atoms with Crippen LogP contribution in [0.5, 0.6) is 0 Å². The Morgan fingerprint density at radius 2 is 1.76 bits per heavy atom. The maximum Gasteiger partial charge on any atom is 0.191 e. The van der Waals surface area contributed by atoms with E-state index in [1.807, 2.05) is 7.05 Å². The standard InChI is InChI=1S/C24H33N3O2/c1-25-24(26-14-8-15-28-18-20-13-16-29-19-20)27-17-23(21-9-4-2-5-10-21)22-11-6-3-7-12-22/h2-7,9-12,20,23H,8,13-19H2,1H3,(H2,25,26,27). The first-order chi connectivity index (χ1) is 14.4. The predicted octanol–water partition coefficient (Wildman–Crippen LogP) is 3.43. The van der Waals surface area contributed by atoms with Gasteiger partial charge in [-0.3, -0.25) is 4.99 Å². The van der Waals surface area contributed by atoms with Gasteiger partial charge < -0.3 is 20.1 Å². The van der Waals surface area contributed by atoms with Crippen LogP contribution in [-0.4, -0.2) is 52.5 Å². The second-order valence-corrected chi connectivity index (χ2v) is 7.41. The van der Waals surface area contributed by atoms with Crippen molar-refractivity contribution in [3.8, 4) is 0 Å². The second kappa shape index (κ2) is 12.2. The first-order valence-electron chi connectivity index (χ1n) is 10.6. The molecule has 2 N–H and O–H groups in total. The number of nitrogens with zero attached hydrogens (tertiary/aromatic N) is 1. The monoisotopic (exact) mass is 395 g/mol. The number of ether oxygens (including phenoxy) is 2. The van der Waals surface area contributed by atoms with Gasteiger partial charge in [0.05, 0.1) is 13.2 Å². The molecule has 29 heavy (non-hydrogen) atoms. The minimum atomic E-state index is 0.271. The van der Waals surface area contributed by atoms with Crippen molar-refractivity contribution in [3.63, 3.8) is 0 Å². The molecule has 3 rings (SSSR count). The van der Waals surface area contributed by atoms with Crippen molar-refractivity contribution < 1.29 is 9.47 Å². The fraction of sp³-hybridized carbons (Fsp3) is 0.458. The van der Waals surface area contributed by atoms with Gasteiger partial charge in [0.25, 0.3) is 0 Å². The minimum absolute atomic E-state index is 0.271. The van der Waals surface area contributed by atoms with E-state index in [-0.39, 0.29) is 5.92 Å². The molecule has 1 fully saturated rings. The molecule has 0 saturated carbocycles. The van der Waals surface area contributed by atoms with E-state index in [4.69, 9.17) is 9.47 Å². The van der Waals surface area contributed by atoms with Crippen LogP contribution in [0.3, 0.4) is 0 Å². The number of nitrogens with one attached hydrogen (secondary N) is 2. The number of rotatable bonds is 10. The second-order valence-electron chi connectivity index (χ2n) is 7.41. The Bertz CT molecular complexity index is 676. The minimum Gasteiger partial charge on any atom is -0.381 e. The lowest BCUT2D eigenvalue weighted by Crippen LogP contribution is -2.40. The average molecular weight is 396 g/mol. The van der Waals surface area contributed by atoms with Gasteiger partial charge >= 0.3 is 0 Å². The Balaban J connectivity index is 1.42. The highest BCUT2D eigenvalue weighted by molar-refractivity contribution is 5.79. The summed E-state index contributed by atoms with van der Waals surface area (Å²) >= 11 is 0. The average Bonchev–Trinajstić information content (AvgIpc) is 3.30. The molecular weight excluding hydrogens is 362 g/mol. The highest BCUT2D eigenvalue weighted by atomic mass is 16.5. The van der Waals surface area contributed by atoms with Gasteiger partial charge in [-0.2, -0.15) is 0 Å². The number of hydrogen-bond donors (Lipinski definition) is 2. The molecule has 1 atom stereocenters. The Morgan fingerprint density at radius 3 is 2.34 bits per heavy atom. The highest BCUT2D eigenvalue weighted by Crippen LogP contribution is 2.23. The summed E-state index contributed by atoms with van der Waals surface area (Å²) in [7, 11) is 1.81. The van der Waals surface area contributed by atoms with Crippen LogP contribution in [0.4, 0.5) is 0 Å². The highest BCUT2D eigenvalue weighted by Gasteiger charge is 2.16. The first kappa shape index (κ1) is 21.3. The predicted molar refractivity (Wildman–Crippen MR) is 118 cm³/mol. The van der Waals surface area contributed by atoms with Crippen LogP contribution in [0.2, 0.25) is 0 Å². The SMILES string of the molecule is CN=C(NCCCOCC1CCOC1)NCC(c1ccccc1)c1ccccc1. The van der Waals surface area contributed by atoms with E-state index in [2.05, 4.69) is 76.3 Å². The van der Waals surface area contributed by atoms with E-state index in [1.165, 1.54) is 11.1 Å². The van der Waals surface area contributed by atoms with Gasteiger partial charge in [0, 0.05) is 45.2 Å². The van der Waals surface area contributed by atoms with Crippen molar-refractivity contribution in [1.82, 2.24) is 10.6 Å². The summed E-state index contributed by atoms with van der Waals surface area (Å²) in [6.45, 7) is 4.91. The first-order valence-corrected chi connectivity index (χ1v) is 10.6. The molecule has 5 nitrogen and oxygen atoms in total. The molecule has 1 heterocycles. The molecule has 0 spiro atoms. The number of hydrogen-bond acceptors (Lipinski definition) is 3. The Morgan fingerprint density at radius 1 is 1.07 bits per heavy atom. The molecule has 1 aliphatic rings. The molecule has 156 valence electrons. The maximum absolute atomic E-state index is 5.77. The number of guanidine groups is 1. The van der Waals surface area contributed by atoms with E-state index in [0.29, 0.717) is 5.92 Å². The van der Waals surface area contributed by atoms with Gasteiger partial charge in [0.1, 0.15) is 0 Å². The van der Waals surface area contributed by atoms with E-state index >= 15 is 0 Å². The van der Waals surface area contributed by atoms with Crippen LogP contribution in [0.1, 0.15) is 29.9 Å². The van der Waals surface area contributed by atoms with Crippen LogP contribution in [0.15, 0.2) is 65.7 Å². The summed E-state index contributed by atoms with van der Waals surface area (Å²) in [6.07, 6.45) is 2.08. The molecule has 2 aromatic carbocycles. The Labute approximate surface area is 174 Å². The summed E-state index contributed by atoms with van der Waals surface area (Å²) in [4.78, 5) is 4.37. The summed E-state index contributed by atoms with van der Waals surface area (Å²) in [5.41, 5.74) is 2.59. The van der Waals surface area contributed by atoms with Crippen LogP contribution in [0, 0.1) is 5.92 Å². The summed E-state index contributed by atoms with van der Waals surface area (Å²) < 4.78 is 11.1. The molecule has 0 aliphatic carbocycles. The Hall–Kier alpha value is -2.37. The van der Waals surface area contributed by atoms with Crippen LogP contribution in [-0.2, 0) is 9.47 Å². The Kier molecular flexibility index (Phi) is 9.01. The van der Waals surface area contributed by atoms with Crippen molar-refractivity contribution in [2.24, 2.45) is 10.9 Å². The van der Waals surface area contributed by atoms with Crippen LogP contribution in [0.25, 0.3) is 0 Å². The van der Waals surface area contributed by atoms with Gasteiger partial charge in [-0.1, -0.05) is 60.7 Å². The normalized spacial score (nSPS) is 16.9. The zero-order valence-corrected chi connectivity index (χ0v) is 17.3. The van der Waals surface area contributed by atoms with Gasteiger partial charge in [-0.25, -0.2) is 0 Å². The molecule has 1 saturated heterocycles. The fourth-order valence-electron chi connectivity index (χ4n) is 3.56. The molecule has 0 radical (unpaired) electrons. The van der Waals surface area contributed by atoms with Crippen molar-refractivity contribution in [1.29, 1.82) is 0 Å². The third-order valence-corrected chi connectivity index (χ3v) is 5.24.